The quantitative estimate of drug-likeness (QED) is 0.780. The van der Waals surface area contributed by atoms with Gasteiger partial charge in [0.25, 0.3) is 5.91 Å². The molecule has 0 radical (unpaired) electrons. The Kier molecular flexibility index (Phi) is 5.27. The molecule has 0 atom stereocenters. The average Bonchev–Trinajstić information content (AvgIpc) is 2.99. The molecule has 6 nitrogen and oxygen atoms in total. The number of carbonyl (C=O) groups is 1. The van der Waals surface area contributed by atoms with E-state index in [9.17, 15) is 4.79 Å². The van der Waals surface area contributed by atoms with Crippen LogP contribution in [0.1, 0.15) is 55.5 Å². The largest absolute Gasteiger partial charge is 0.485 e. The Morgan fingerprint density at radius 3 is 2.50 bits per heavy atom. The Hall–Kier alpha value is -1.79. The van der Waals surface area contributed by atoms with E-state index < -0.39 is 0 Å². The van der Waals surface area contributed by atoms with E-state index in [1.807, 2.05) is 19.9 Å². The Balaban J connectivity index is 1.35. The summed E-state index contributed by atoms with van der Waals surface area (Å²) in [6.07, 6.45) is 5.17. The van der Waals surface area contributed by atoms with Crippen molar-refractivity contribution in [3.05, 3.63) is 23.3 Å². The number of nitrogens with one attached hydrogen (secondary N) is 1. The SMILES string of the molecule is CN1CCN(C2CCC(NC(=O)c3ccc(N)c4c3CC(C)(C)O4)CC2)CC1. The standard InChI is InChI=1S/C22H34N4O2/c1-22(2)14-18-17(8-9-19(23)20(18)28-22)21(27)24-15-4-6-16(7-5-15)26-12-10-25(3)11-13-26/h8-9,15-16H,4-7,10-14,23H2,1-3H3,(H,24,27). The molecule has 154 valence electrons. The van der Waals surface area contributed by atoms with Crippen LogP contribution in [0, 0.1) is 0 Å². The maximum absolute atomic E-state index is 13.0. The highest BCUT2D eigenvalue weighted by atomic mass is 16.5. The highest BCUT2D eigenvalue weighted by Crippen LogP contribution is 2.41. The molecular formula is C22H34N4O2. The van der Waals surface area contributed by atoms with Crippen LogP contribution in [0.25, 0.3) is 0 Å². The molecule has 3 N–H and O–H groups in total. The number of likely N-dealkylation sites (N-methyl/N-ethyl adjacent to an activating group) is 1. The van der Waals surface area contributed by atoms with Gasteiger partial charge >= 0.3 is 0 Å². The molecule has 2 aliphatic heterocycles. The van der Waals surface area contributed by atoms with E-state index in [1.54, 1.807) is 6.07 Å². The lowest BCUT2D eigenvalue weighted by Crippen LogP contribution is -2.51. The fourth-order valence-electron chi connectivity index (χ4n) is 4.93. The van der Waals surface area contributed by atoms with Gasteiger partial charge in [0.2, 0.25) is 0 Å². The first kappa shape index (κ1) is 19.5. The second-order valence-corrected chi connectivity index (χ2v) is 9.37. The molecule has 1 saturated carbocycles. The summed E-state index contributed by atoms with van der Waals surface area (Å²) < 4.78 is 5.98. The molecule has 3 aliphatic rings. The van der Waals surface area contributed by atoms with Crippen molar-refractivity contribution in [2.45, 2.75) is 63.6 Å². The Morgan fingerprint density at radius 1 is 1.14 bits per heavy atom. The summed E-state index contributed by atoms with van der Waals surface area (Å²) in [7, 11) is 2.20. The van der Waals surface area contributed by atoms with Gasteiger partial charge in [0, 0.05) is 55.8 Å². The van der Waals surface area contributed by atoms with Crippen LogP contribution in [0.4, 0.5) is 5.69 Å². The molecular weight excluding hydrogens is 352 g/mol. The number of hydrogen-bond donors (Lipinski definition) is 2. The van der Waals surface area contributed by atoms with Gasteiger partial charge in [-0.3, -0.25) is 9.69 Å². The summed E-state index contributed by atoms with van der Waals surface area (Å²) in [5.41, 5.74) is 8.05. The number of nitrogens with two attached hydrogens (primary N) is 1. The molecule has 2 fully saturated rings. The average molecular weight is 387 g/mol. The van der Waals surface area contributed by atoms with Crippen molar-refractivity contribution < 1.29 is 9.53 Å². The van der Waals surface area contributed by atoms with Crippen molar-refractivity contribution in [3.63, 3.8) is 0 Å². The minimum absolute atomic E-state index is 0.0144. The van der Waals surface area contributed by atoms with Crippen molar-refractivity contribution in [2.75, 3.05) is 39.0 Å². The third kappa shape index (κ3) is 3.98. The van der Waals surface area contributed by atoms with Gasteiger partial charge in [0.15, 0.2) is 0 Å². The number of fused-ring (bicyclic) bond motifs is 1. The smallest absolute Gasteiger partial charge is 0.251 e. The number of amides is 1. The number of nitrogen functional groups attached to an aromatic ring is 1. The molecule has 0 unspecified atom stereocenters. The number of nitrogens with zero attached hydrogens (tertiary/aromatic N) is 2. The summed E-state index contributed by atoms with van der Waals surface area (Å²) >= 11 is 0. The highest BCUT2D eigenvalue weighted by Gasteiger charge is 2.35. The third-order valence-electron chi connectivity index (χ3n) is 6.60. The zero-order valence-corrected chi connectivity index (χ0v) is 17.5. The van der Waals surface area contributed by atoms with Crippen LogP contribution in [0.2, 0.25) is 0 Å². The zero-order valence-electron chi connectivity index (χ0n) is 17.5. The van der Waals surface area contributed by atoms with Crippen LogP contribution >= 0.6 is 0 Å². The predicted molar refractivity (Wildman–Crippen MR) is 112 cm³/mol. The van der Waals surface area contributed by atoms with Gasteiger partial charge in [-0.05, 0) is 58.7 Å². The molecule has 6 heteroatoms. The fourth-order valence-corrected chi connectivity index (χ4v) is 4.93. The first-order valence-electron chi connectivity index (χ1n) is 10.7. The monoisotopic (exact) mass is 386 g/mol. The lowest BCUT2D eigenvalue weighted by Gasteiger charge is -2.41. The molecule has 4 rings (SSSR count). The topological polar surface area (TPSA) is 70.8 Å². The molecule has 28 heavy (non-hydrogen) atoms. The maximum atomic E-state index is 13.0. The van der Waals surface area contributed by atoms with E-state index in [-0.39, 0.29) is 17.6 Å². The number of hydrogen-bond acceptors (Lipinski definition) is 5. The zero-order chi connectivity index (χ0) is 19.9. The van der Waals surface area contributed by atoms with Crippen LogP contribution in [0.15, 0.2) is 12.1 Å². The normalized spacial score (nSPS) is 27.8. The number of rotatable bonds is 3. The van der Waals surface area contributed by atoms with Gasteiger partial charge in [-0.25, -0.2) is 0 Å². The van der Waals surface area contributed by atoms with Gasteiger partial charge in [-0.2, -0.15) is 0 Å². The summed E-state index contributed by atoms with van der Waals surface area (Å²) in [6, 6.07) is 4.58. The molecule has 2 heterocycles. The van der Waals surface area contributed by atoms with Gasteiger partial charge in [-0.1, -0.05) is 0 Å². The van der Waals surface area contributed by atoms with E-state index >= 15 is 0 Å². The van der Waals surface area contributed by atoms with Gasteiger partial charge in [0.1, 0.15) is 11.4 Å². The van der Waals surface area contributed by atoms with Gasteiger partial charge in [0.05, 0.1) is 5.69 Å². The van der Waals surface area contributed by atoms with E-state index in [4.69, 9.17) is 10.5 Å². The molecule has 1 saturated heterocycles. The second-order valence-electron chi connectivity index (χ2n) is 9.37. The van der Waals surface area contributed by atoms with Crippen LogP contribution in [0.5, 0.6) is 5.75 Å². The van der Waals surface area contributed by atoms with Gasteiger partial charge < -0.3 is 20.7 Å². The molecule has 0 aromatic heterocycles. The summed E-state index contributed by atoms with van der Waals surface area (Å²) in [4.78, 5) is 18.0. The van der Waals surface area contributed by atoms with Crippen molar-refractivity contribution >= 4 is 11.6 Å². The minimum atomic E-state index is -0.312. The first-order chi connectivity index (χ1) is 13.3. The minimum Gasteiger partial charge on any atom is -0.485 e. The van der Waals surface area contributed by atoms with Crippen LogP contribution in [-0.4, -0.2) is 66.6 Å². The molecule has 1 aromatic rings. The highest BCUT2D eigenvalue weighted by molar-refractivity contribution is 5.97. The lowest BCUT2D eigenvalue weighted by molar-refractivity contribution is 0.0790. The number of piperazine rings is 1. The fraction of sp³-hybridized carbons (Fsp3) is 0.682. The summed E-state index contributed by atoms with van der Waals surface area (Å²) in [5.74, 6) is 0.706. The van der Waals surface area contributed by atoms with Gasteiger partial charge in [-0.15, -0.1) is 0 Å². The van der Waals surface area contributed by atoms with E-state index in [1.165, 1.54) is 25.9 Å². The molecule has 1 aliphatic carbocycles. The first-order valence-corrected chi connectivity index (χ1v) is 10.7. The van der Waals surface area contributed by atoms with E-state index in [2.05, 4.69) is 22.2 Å². The summed E-state index contributed by atoms with van der Waals surface area (Å²) in [5, 5.41) is 3.28. The van der Waals surface area contributed by atoms with E-state index in [0.29, 0.717) is 23.9 Å². The van der Waals surface area contributed by atoms with Crippen molar-refractivity contribution in [3.8, 4) is 5.75 Å². The molecule has 0 bridgehead atoms. The molecule has 1 amide bonds. The Labute approximate surface area is 168 Å². The van der Waals surface area contributed by atoms with Crippen molar-refractivity contribution in [1.82, 2.24) is 15.1 Å². The number of benzene rings is 1. The third-order valence-corrected chi connectivity index (χ3v) is 6.60. The second kappa shape index (κ2) is 7.56. The number of carbonyl (C=O) groups excluding carboxylic acids is 1. The Bertz CT molecular complexity index is 732. The number of anilines is 1. The van der Waals surface area contributed by atoms with E-state index in [0.717, 1.165) is 37.1 Å². The molecule has 0 spiro atoms. The van der Waals surface area contributed by atoms with Crippen molar-refractivity contribution in [1.29, 1.82) is 0 Å². The maximum Gasteiger partial charge on any atom is 0.251 e. The van der Waals surface area contributed by atoms with Crippen LogP contribution < -0.4 is 15.8 Å². The summed E-state index contributed by atoms with van der Waals surface area (Å²) in [6.45, 7) is 8.74. The Morgan fingerprint density at radius 2 is 1.82 bits per heavy atom. The number of ether oxygens (including phenoxy) is 1. The lowest BCUT2D eigenvalue weighted by atomic mass is 9.89. The van der Waals surface area contributed by atoms with Crippen molar-refractivity contribution in [2.24, 2.45) is 0 Å². The molecule has 1 aromatic carbocycles. The predicted octanol–water partition coefficient (Wildman–Crippen LogP) is 2.27. The van der Waals surface area contributed by atoms with Crippen LogP contribution in [-0.2, 0) is 6.42 Å². The van der Waals surface area contributed by atoms with Crippen LogP contribution in [0.3, 0.4) is 0 Å².